The molecule has 1 N–H and O–H groups in total. The number of aromatic nitrogens is 2. The van der Waals surface area contributed by atoms with Gasteiger partial charge in [0.15, 0.2) is 0 Å². The van der Waals surface area contributed by atoms with Gasteiger partial charge in [0, 0.05) is 25.0 Å². The van der Waals surface area contributed by atoms with E-state index in [1.54, 1.807) is 4.90 Å². The van der Waals surface area contributed by atoms with Crippen molar-refractivity contribution in [3.8, 4) is 0 Å². The molecule has 0 aliphatic rings. The van der Waals surface area contributed by atoms with E-state index in [4.69, 9.17) is 5.11 Å². The summed E-state index contributed by atoms with van der Waals surface area (Å²) in [6.07, 6.45) is -0.0480. The fourth-order valence-electron chi connectivity index (χ4n) is 2.55. The highest BCUT2D eigenvalue weighted by atomic mass is 32.1. The minimum Gasteiger partial charge on any atom is -0.481 e. The van der Waals surface area contributed by atoms with E-state index in [0.717, 1.165) is 15.9 Å². The van der Waals surface area contributed by atoms with Crippen molar-refractivity contribution >= 4 is 33.4 Å². The average molecular weight is 337 g/mol. The largest absolute Gasteiger partial charge is 0.481 e. The Hall–Kier alpha value is -1.89. The molecule has 6 nitrogen and oxygen atoms in total. The van der Waals surface area contributed by atoms with Crippen LogP contribution in [0.2, 0.25) is 0 Å². The average Bonchev–Trinajstić information content (AvgIpc) is 2.99. The van der Waals surface area contributed by atoms with Crippen LogP contribution >= 0.6 is 11.3 Å². The van der Waals surface area contributed by atoms with E-state index >= 15 is 0 Å². The zero-order valence-electron chi connectivity index (χ0n) is 14.2. The van der Waals surface area contributed by atoms with Gasteiger partial charge in [-0.15, -0.1) is 11.3 Å². The third-order valence-corrected chi connectivity index (χ3v) is 4.94. The Morgan fingerprint density at radius 3 is 2.52 bits per heavy atom. The molecule has 0 unspecified atom stereocenters. The molecule has 0 bridgehead atoms. The summed E-state index contributed by atoms with van der Waals surface area (Å²) in [4.78, 5) is 26.8. The minimum atomic E-state index is -0.897. The summed E-state index contributed by atoms with van der Waals surface area (Å²) in [5.41, 5.74) is 0.986. The molecule has 0 spiro atoms. The smallest absolute Gasteiger partial charge is 0.305 e. The fourth-order valence-corrected chi connectivity index (χ4v) is 3.59. The molecule has 23 heavy (non-hydrogen) atoms. The number of carbonyl (C=O) groups excluding carboxylic acids is 1. The van der Waals surface area contributed by atoms with Crippen molar-refractivity contribution in [1.82, 2.24) is 14.7 Å². The fraction of sp³-hybridized carbons (Fsp3) is 0.562. The van der Waals surface area contributed by atoms with Gasteiger partial charge in [-0.05, 0) is 25.8 Å². The summed E-state index contributed by atoms with van der Waals surface area (Å²) < 4.78 is 1.81. The van der Waals surface area contributed by atoms with Gasteiger partial charge in [-0.2, -0.15) is 5.10 Å². The second-order valence-corrected chi connectivity index (χ2v) is 7.26. The molecule has 0 atom stereocenters. The number of hydrogen-bond donors (Lipinski definition) is 1. The Labute approximate surface area is 139 Å². The first-order chi connectivity index (χ1) is 10.7. The first-order valence-corrected chi connectivity index (χ1v) is 8.53. The molecule has 0 fully saturated rings. The summed E-state index contributed by atoms with van der Waals surface area (Å²) >= 11 is 1.41. The van der Waals surface area contributed by atoms with Gasteiger partial charge in [-0.3, -0.25) is 14.3 Å². The summed E-state index contributed by atoms with van der Waals surface area (Å²) in [5, 5.41) is 14.4. The van der Waals surface area contributed by atoms with Gasteiger partial charge in [0.1, 0.15) is 4.83 Å². The van der Waals surface area contributed by atoms with Gasteiger partial charge < -0.3 is 10.0 Å². The topological polar surface area (TPSA) is 75.4 Å². The first-order valence-electron chi connectivity index (χ1n) is 7.71. The SMILES string of the molecule is CC(C)c1nn(C)c2sc(C(=O)N(CCC(=O)O)C(C)C)cc12. The van der Waals surface area contributed by atoms with Crippen LogP contribution < -0.4 is 0 Å². The number of aliphatic carboxylic acids is 1. The van der Waals surface area contributed by atoms with Crippen molar-refractivity contribution in [3.63, 3.8) is 0 Å². The van der Waals surface area contributed by atoms with Crippen LogP contribution in [0.25, 0.3) is 10.2 Å². The number of nitrogens with zero attached hydrogens (tertiary/aromatic N) is 3. The monoisotopic (exact) mass is 337 g/mol. The van der Waals surface area contributed by atoms with Crippen molar-refractivity contribution in [2.24, 2.45) is 7.05 Å². The summed E-state index contributed by atoms with van der Waals surface area (Å²) in [7, 11) is 1.88. The van der Waals surface area contributed by atoms with E-state index in [1.807, 2.05) is 31.6 Å². The van der Waals surface area contributed by atoms with Crippen LogP contribution in [-0.4, -0.2) is 44.3 Å². The molecular weight excluding hydrogens is 314 g/mol. The first kappa shape index (κ1) is 17.5. The maximum Gasteiger partial charge on any atom is 0.305 e. The van der Waals surface area contributed by atoms with Gasteiger partial charge in [0.05, 0.1) is 17.0 Å². The zero-order valence-corrected chi connectivity index (χ0v) is 15.0. The molecule has 0 radical (unpaired) electrons. The second-order valence-electron chi connectivity index (χ2n) is 6.23. The predicted octanol–water partition coefficient (Wildman–Crippen LogP) is 3.08. The van der Waals surface area contributed by atoms with E-state index < -0.39 is 5.97 Å². The lowest BCUT2D eigenvalue weighted by Crippen LogP contribution is -2.38. The molecule has 0 aromatic carbocycles. The Morgan fingerprint density at radius 2 is 2.00 bits per heavy atom. The Morgan fingerprint density at radius 1 is 1.35 bits per heavy atom. The number of carboxylic acids is 1. The summed E-state index contributed by atoms with van der Waals surface area (Å²) in [6.45, 7) is 8.17. The van der Waals surface area contributed by atoms with E-state index in [1.165, 1.54) is 11.3 Å². The van der Waals surface area contributed by atoms with E-state index in [9.17, 15) is 9.59 Å². The van der Waals surface area contributed by atoms with Crippen molar-refractivity contribution in [3.05, 3.63) is 16.6 Å². The third kappa shape index (κ3) is 3.55. The minimum absolute atomic E-state index is 0.0465. The van der Waals surface area contributed by atoms with Gasteiger partial charge >= 0.3 is 5.97 Å². The van der Waals surface area contributed by atoms with Crippen LogP contribution in [0.15, 0.2) is 6.07 Å². The number of fused-ring (bicyclic) bond motifs is 1. The predicted molar refractivity (Wildman–Crippen MR) is 91.1 cm³/mol. The maximum absolute atomic E-state index is 12.8. The van der Waals surface area contributed by atoms with Gasteiger partial charge in [-0.25, -0.2) is 0 Å². The van der Waals surface area contributed by atoms with Crippen molar-refractivity contribution in [1.29, 1.82) is 0 Å². The maximum atomic E-state index is 12.8. The Kier molecular flexibility index (Phi) is 5.09. The van der Waals surface area contributed by atoms with E-state index in [2.05, 4.69) is 18.9 Å². The highest BCUT2D eigenvalue weighted by Crippen LogP contribution is 2.32. The molecule has 1 amide bonds. The van der Waals surface area contributed by atoms with Crippen LogP contribution in [0.1, 0.15) is 55.4 Å². The summed E-state index contributed by atoms with van der Waals surface area (Å²) in [6, 6.07) is 1.84. The molecule has 2 rings (SSSR count). The van der Waals surface area contributed by atoms with Crippen molar-refractivity contribution < 1.29 is 14.7 Å². The number of hydrogen-bond acceptors (Lipinski definition) is 4. The van der Waals surface area contributed by atoms with Gasteiger partial charge in [-0.1, -0.05) is 13.8 Å². The zero-order chi connectivity index (χ0) is 17.3. The number of rotatable bonds is 6. The lowest BCUT2D eigenvalue weighted by atomic mass is 10.1. The molecule has 0 aliphatic heterocycles. The van der Waals surface area contributed by atoms with Gasteiger partial charge in [0.25, 0.3) is 5.91 Å². The van der Waals surface area contributed by atoms with Crippen LogP contribution in [0.3, 0.4) is 0 Å². The van der Waals surface area contributed by atoms with Crippen molar-refractivity contribution in [2.45, 2.75) is 46.1 Å². The molecule has 0 saturated heterocycles. The normalized spacial score (nSPS) is 11.6. The van der Waals surface area contributed by atoms with Crippen LogP contribution in [0.5, 0.6) is 0 Å². The molecule has 0 aliphatic carbocycles. The second kappa shape index (κ2) is 6.70. The number of carbonyl (C=O) groups is 2. The number of amides is 1. The standard InChI is InChI=1S/C16H23N3O3S/c1-9(2)14-11-8-12(23-16(11)18(5)17-14)15(22)19(10(3)4)7-6-13(20)21/h8-10H,6-7H2,1-5H3,(H,20,21). The summed E-state index contributed by atoms with van der Waals surface area (Å²) in [5.74, 6) is -0.729. The van der Waals surface area contributed by atoms with Gasteiger partial charge in [0.2, 0.25) is 0 Å². The molecule has 2 aromatic rings. The molecule has 126 valence electrons. The lowest BCUT2D eigenvalue weighted by molar-refractivity contribution is -0.137. The highest BCUT2D eigenvalue weighted by molar-refractivity contribution is 7.20. The van der Waals surface area contributed by atoms with Crippen molar-refractivity contribution in [2.75, 3.05) is 6.54 Å². The van der Waals surface area contributed by atoms with E-state index in [0.29, 0.717) is 4.88 Å². The highest BCUT2D eigenvalue weighted by Gasteiger charge is 2.24. The molecule has 2 heterocycles. The number of carboxylic acid groups (broad SMARTS) is 1. The molecular formula is C16H23N3O3S. The van der Waals surface area contributed by atoms with E-state index in [-0.39, 0.29) is 30.8 Å². The number of thiophene rings is 1. The Bertz CT molecular complexity index is 730. The molecule has 2 aromatic heterocycles. The van der Waals surface area contributed by atoms with Crippen LogP contribution in [0.4, 0.5) is 0 Å². The lowest BCUT2D eigenvalue weighted by Gasteiger charge is -2.25. The Balaban J connectivity index is 2.35. The molecule has 7 heteroatoms. The molecule has 0 saturated carbocycles. The van der Waals surface area contributed by atoms with Crippen LogP contribution in [0, 0.1) is 0 Å². The quantitative estimate of drug-likeness (QED) is 0.879. The number of aryl methyl sites for hydroxylation is 1. The van der Waals surface area contributed by atoms with Crippen LogP contribution in [-0.2, 0) is 11.8 Å². The third-order valence-electron chi connectivity index (χ3n) is 3.75.